The summed E-state index contributed by atoms with van der Waals surface area (Å²) in [6, 6.07) is 0. The molecule has 0 N–H and O–H groups in total. The average molecular weight is 259 g/mol. The lowest BCUT2D eigenvalue weighted by Gasteiger charge is -2.05. The molecule has 0 spiro atoms. The molecule has 1 aliphatic carbocycles. The Hall–Kier alpha value is -0.150. The lowest BCUT2D eigenvalue weighted by atomic mass is 9.99. The molecular weight excluding hydrogens is 248 g/mol. The van der Waals surface area contributed by atoms with Gasteiger partial charge in [0, 0.05) is 27.2 Å². The highest BCUT2D eigenvalue weighted by Gasteiger charge is 2.39. The van der Waals surface area contributed by atoms with Crippen molar-refractivity contribution in [1.82, 2.24) is 0 Å². The quantitative estimate of drug-likeness (QED) is 0.753. The first kappa shape index (κ1) is 9.41. The maximum absolute atomic E-state index is 11.8. The predicted molar refractivity (Wildman–Crippen MR) is 58.3 cm³/mol. The van der Waals surface area contributed by atoms with Crippen LogP contribution in [0.25, 0.3) is 0 Å². The van der Waals surface area contributed by atoms with Crippen LogP contribution < -0.4 is 0 Å². The highest BCUT2D eigenvalue weighted by molar-refractivity contribution is 9.10. The molecular formula is C10H11BrOS. The molecule has 1 nitrogen and oxygen atoms in total. The third-order valence-electron chi connectivity index (χ3n) is 2.61. The number of thiophene rings is 1. The summed E-state index contributed by atoms with van der Waals surface area (Å²) in [7, 11) is 0. The maximum atomic E-state index is 11.8. The van der Waals surface area contributed by atoms with Crippen LogP contribution in [0.3, 0.4) is 0 Å². The van der Waals surface area contributed by atoms with E-state index < -0.39 is 0 Å². The van der Waals surface area contributed by atoms with Gasteiger partial charge in [0.15, 0.2) is 5.78 Å². The monoisotopic (exact) mass is 258 g/mol. The van der Waals surface area contributed by atoms with Crippen LogP contribution in [0.4, 0.5) is 0 Å². The van der Waals surface area contributed by atoms with Crippen molar-refractivity contribution >= 4 is 33.0 Å². The van der Waals surface area contributed by atoms with Crippen LogP contribution in [-0.4, -0.2) is 5.78 Å². The SMILES string of the molecule is CC1(CC(=O)c2cscc2Br)CC1. The molecule has 3 heteroatoms. The van der Waals surface area contributed by atoms with E-state index in [2.05, 4.69) is 22.9 Å². The predicted octanol–water partition coefficient (Wildman–Crippen LogP) is 3.88. The Labute approximate surface area is 90.3 Å². The fraction of sp³-hybridized carbons (Fsp3) is 0.500. The molecule has 2 rings (SSSR count). The van der Waals surface area contributed by atoms with Gasteiger partial charge in [0.05, 0.1) is 0 Å². The molecule has 1 heterocycles. The van der Waals surface area contributed by atoms with Gasteiger partial charge in [-0.3, -0.25) is 4.79 Å². The van der Waals surface area contributed by atoms with Crippen molar-refractivity contribution < 1.29 is 4.79 Å². The second-order valence-electron chi connectivity index (χ2n) is 4.04. The molecule has 0 amide bonds. The van der Waals surface area contributed by atoms with E-state index in [1.165, 1.54) is 12.8 Å². The van der Waals surface area contributed by atoms with Crippen LogP contribution in [-0.2, 0) is 0 Å². The zero-order valence-corrected chi connectivity index (χ0v) is 9.87. The molecule has 0 atom stereocenters. The van der Waals surface area contributed by atoms with Gasteiger partial charge in [0.2, 0.25) is 0 Å². The normalized spacial score (nSPS) is 18.6. The first-order valence-corrected chi connectivity index (χ1v) is 6.09. The van der Waals surface area contributed by atoms with Crippen LogP contribution >= 0.6 is 27.3 Å². The lowest BCUT2D eigenvalue weighted by Crippen LogP contribution is -2.05. The maximum Gasteiger partial charge on any atom is 0.165 e. The first-order valence-electron chi connectivity index (χ1n) is 4.36. The second-order valence-corrected chi connectivity index (χ2v) is 5.64. The number of hydrogen-bond acceptors (Lipinski definition) is 2. The first-order chi connectivity index (χ1) is 6.11. The number of halogens is 1. The molecule has 1 aromatic rings. The van der Waals surface area contributed by atoms with Gasteiger partial charge >= 0.3 is 0 Å². The Morgan fingerprint density at radius 1 is 1.62 bits per heavy atom. The van der Waals surface area contributed by atoms with E-state index in [0.29, 0.717) is 11.8 Å². The smallest absolute Gasteiger partial charge is 0.165 e. The number of carbonyl (C=O) groups excluding carboxylic acids is 1. The van der Waals surface area contributed by atoms with Gasteiger partial charge in [0.1, 0.15) is 0 Å². The summed E-state index contributed by atoms with van der Waals surface area (Å²) >= 11 is 4.96. The topological polar surface area (TPSA) is 17.1 Å². The van der Waals surface area contributed by atoms with Gasteiger partial charge in [-0.1, -0.05) is 6.92 Å². The molecule has 0 bridgehead atoms. The van der Waals surface area contributed by atoms with Crippen molar-refractivity contribution in [1.29, 1.82) is 0 Å². The molecule has 0 unspecified atom stereocenters. The Morgan fingerprint density at radius 3 is 2.77 bits per heavy atom. The van der Waals surface area contributed by atoms with Crippen molar-refractivity contribution in [3.8, 4) is 0 Å². The Kier molecular flexibility index (Phi) is 2.32. The number of Topliss-reactive ketones (excluding diaryl/α,β-unsaturated/α-hetero) is 1. The summed E-state index contributed by atoms with van der Waals surface area (Å²) in [5.74, 6) is 0.285. The Bertz CT molecular complexity index is 338. The zero-order valence-electron chi connectivity index (χ0n) is 7.47. The molecule has 13 heavy (non-hydrogen) atoms. The van der Waals surface area contributed by atoms with Crippen LogP contribution in [0.1, 0.15) is 36.5 Å². The zero-order chi connectivity index (χ0) is 9.47. The number of carbonyl (C=O) groups is 1. The fourth-order valence-corrected chi connectivity index (χ4v) is 2.87. The minimum absolute atomic E-state index is 0.285. The van der Waals surface area contributed by atoms with Crippen molar-refractivity contribution in [2.75, 3.05) is 0 Å². The van der Waals surface area contributed by atoms with Crippen LogP contribution in [0, 0.1) is 5.41 Å². The van der Waals surface area contributed by atoms with Crippen LogP contribution in [0.15, 0.2) is 15.2 Å². The number of rotatable bonds is 3. The summed E-state index contributed by atoms with van der Waals surface area (Å²) in [5.41, 5.74) is 1.18. The summed E-state index contributed by atoms with van der Waals surface area (Å²) in [6.07, 6.45) is 3.13. The third-order valence-corrected chi connectivity index (χ3v) is 4.31. The highest BCUT2D eigenvalue weighted by Crippen LogP contribution is 2.49. The molecule has 70 valence electrons. The Morgan fingerprint density at radius 2 is 2.31 bits per heavy atom. The molecule has 1 aromatic heterocycles. The van der Waals surface area contributed by atoms with Gasteiger partial charge in [-0.15, -0.1) is 0 Å². The Balaban J connectivity index is 2.09. The van der Waals surface area contributed by atoms with Crippen molar-refractivity contribution in [3.63, 3.8) is 0 Å². The molecule has 0 radical (unpaired) electrons. The highest BCUT2D eigenvalue weighted by atomic mass is 79.9. The third kappa shape index (κ3) is 2.02. The van der Waals surface area contributed by atoms with E-state index >= 15 is 0 Å². The van der Waals surface area contributed by atoms with E-state index in [4.69, 9.17) is 0 Å². The largest absolute Gasteiger partial charge is 0.294 e. The van der Waals surface area contributed by atoms with E-state index in [1.54, 1.807) is 11.3 Å². The minimum Gasteiger partial charge on any atom is -0.294 e. The van der Waals surface area contributed by atoms with Crippen molar-refractivity contribution in [2.24, 2.45) is 5.41 Å². The summed E-state index contributed by atoms with van der Waals surface area (Å²) in [6.45, 7) is 2.19. The van der Waals surface area contributed by atoms with Gasteiger partial charge in [0.25, 0.3) is 0 Å². The van der Waals surface area contributed by atoms with Crippen molar-refractivity contribution in [3.05, 3.63) is 20.8 Å². The van der Waals surface area contributed by atoms with Crippen LogP contribution in [0.5, 0.6) is 0 Å². The molecule has 1 saturated carbocycles. The van der Waals surface area contributed by atoms with Crippen LogP contribution in [0.2, 0.25) is 0 Å². The summed E-state index contributed by atoms with van der Waals surface area (Å²) in [4.78, 5) is 11.8. The van der Waals surface area contributed by atoms with E-state index in [-0.39, 0.29) is 5.78 Å². The number of hydrogen-bond donors (Lipinski definition) is 0. The molecule has 1 aliphatic rings. The number of ketones is 1. The summed E-state index contributed by atoms with van der Waals surface area (Å²) < 4.78 is 0.951. The van der Waals surface area contributed by atoms with Crippen molar-refractivity contribution in [2.45, 2.75) is 26.2 Å². The molecule has 1 fully saturated rings. The van der Waals surface area contributed by atoms with E-state index in [9.17, 15) is 4.79 Å². The van der Waals surface area contributed by atoms with Gasteiger partial charge in [-0.25, -0.2) is 0 Å². The second kappa shape index (κ2) is 3.21. The molecule has 0 aliphatic heterocycles. The lowest BCUT2D eigenvalue weighted by molar-refractivity contribution is 0.0959. The van der Waals surface area contributed by atoms with Gasteiger partial charge in [-0.2, -0.15) is 11.3 Å². The average Bonchev–Trinajstić information content (AvgIpc) is 2.63. The van der Waals surface area contributed by atoms with Gasteiger partial charge < -0.3 is 0 Å². The van der Waals surface area contributed by atoms with Gasteiger partial charge in [-0.05, 0) is 34.2 Å². The fourth-order valence-electron chi connectivity index (χ4n) is 1.35. The standard InChI is InChI=1S/C10H11BrOS/c1-10(2-3-10)4-9(12)7-5-13-6-8(7)11/h5-6H,2-4H2,1H3. The van der Waals surface area contributed by atoms with E-state index in [0.717, 1.165) is 10.0 Å². The summed E-state index contributed by atoms with van der Waals surface area (Å²) in [5, 5.41) is 3.89. The minimum atomic E-state index is 0.285. The molecule has 0 aromatic carbocycles. The molecule has 0 saturated heterocycles. The van der Waals surface area contributed by atoms with E-state index in [1.807, 2.05) is 10.8 Å².